The van der Waals surface area contributed by atoms with E-state index in [0.717, 1.165) is 0 Å². The van der Waals surface area contributed by atoms with Gasteiger partial charge in [0.2, 0.25) is 17.7 Å². The van der Waals surface area contributed by atoms with E-state index < -0.39 is 48.4 Å². The minimum atomic E-state index is -1.23. The van der Waals surface area contributed by atoms with Gasteiger partial charge < -0.3 is 31.8 Å². The average Bonchev–Trinajstić information content (AvgIpc) is 3.20. The molecule has 12 heteroatoms. The third-order valence-electron chi connectivity index (χ3n) is 4.36. The monoisotopic (exact) mass is 428 g/mol. The molecule has 1 aromatic heterocycles. The van der Waals surface area contributed by atoms with Crippen molar-refractivity contribution < 1.29 is 24.3 Å². The highest BCUT2D eigenvalue weighted by molar-refractivity contribution is 7.80. The zero-order valence-electron chi connectivity index (χ0n) is 16.3. The Morgan fingerprint density at radius 2 is 1.97 bits per heavy atom. The van der Waals surface area contributed by atoms with E-state index in [1.807, 2.05) is 6.92 Å². The van der Waals surface area contributed by atoms with Crippen molar-refractivity contribution in [2.45, 2.75) is 44.8 Å². The lowest BCUT2D eigenvalue weighted by atomic mass is 9.97. The molecular formula is C17H28N6O5S. The fraction of sp³-hybridized carbons (Fsp3) is 0.588. The summed E-state index contributed by atoms with van der Waals surface area (Å²) in [6, 6.07) is -2.94. The highest BCUT2D eigenvalue weighted by Crippen LogP contribution is 2.09. The van der Waals surface area contributed by atoms with Gasteiger partial charge in [0.05, 0.1) is 18.9 Å². The Balaban J connectivity index is 2.64. The van der Waals surface area contributed by atoms with Gasteiger partial charge in [-0.2, -0.15) is 12.6 Å². The Morgan fingerprint density at radius 3 is 2.48 bits per heavy atom. The zero-order valence-corrected chi connectivity index (χ0v) is 17.2. The van der Waals surface area contributed by atoms with E-state index >= 15 is 0 Å². The Bertz CT molecular complexity index is 698. The third kappa shape index (κ3) is 8.11. The van der Waals surface area contributed by atoms with Crippen LogP contribution < -0.4 is 21.7 Å². The van der Waals surface area contributed by atoms with E-state index in [0.29, 0.717) is 12.1 Å². The Kier molecular flexibility index (Phi) is 10.2. The Hall–Kier alpha value is -2.60. The van der Waals surface area contributed by atoms with Crippen LogP contribution in [0.4, 0.5) is 0 Å². The average molecular weight is 429 g/mol. The lowest BCUT2D eigenvalue weighted by Gasteiger charge is -2.25. The number of H-pyrrole nitrogens is 1. The topological polar surface area (TPSA) is 179 Å². The zero-order chi connectivity index (χ0) is 22.0. The van der Waals surface area contributed by atoms with E-state index in [-0.39, 0.29) is 18.1 Å². The molecular weight excluding hydrogens is 400 g/mol. The number of amides is 3. The van der Waals surface area contributed by atoms with Crippen LogP contribution >= 0.6 is 12.6 Å². The number of carboxylic acid groups (broad SMARTS) is 1. The van der Waals surface area contributed by atoms with Crippen molar-refractivity contribution in [2.24, 2.45) is 11.7 Å². The van der Waals surface area contributed by atoms with E-state index in [1.165, 1.54) is 6.33 Å². The number of carbonyl (C=O) groups is 4. The van der Waals surface area contributed by atoms with Crippen LogP contribution in [0.1, 0.15) is 26.0 Å². The van der Waals surface area contributed by atoms with Gasteiger partial charge >= 0.3 is 5.97 Å². The standard InChI is InChI=1S/C17H28N6O5S/c1-3-9(2)14(23-15(25)11(18)4-10-5-19-8-21-10)16(26)20-6-13(24)22-12(7-29)17(27)28/h5,8-9,11-12,14,29H,3-4,6-7,18H2,1-2H3,(H,19,21)(H,20,26)(H,22,24)(H,23,25)(H,27,28). The first-order valence-electron chi connectivity index (χ1n) is 9.13. The van der Waals surface area contributed by atoms with Crippen LogP contribution in [-0.2, 0) is 25.6 Å². The first-order valence-corrected chi connectivity index (χ1v) is 9.76. The van der Waals surface area contributed by atoms with Crippen molar-refractivity contribution in [2.75, 3.05) is 12.3 Å². The molecule has 4 atom stereocenters. The number of aromatic nitrogens is 2. The van der Waals surface area contributed by atoms with Gasteiger partial charge in [0, 0.05) is 24.1 Å². The molecule has 0 aliphatic carbocycles. The molecule has 7 N–H and O–H groups in total. The van der Waals surface area contributed by atoms with Crippen LogP contribution in [0.15, 0.2) is 12.5 Å². The summed E-state index contributed by atoms with van der Waals surface area (Å²) < 4.78 is 0. The maximum absolute atomic E-state index is 12.5. The fourth-order valence-corrected chi connectivity index (χ4v) is 2.64. The number of hydrogen-bond acceptors (Lipinski definition) is 7. The number of thiol groups is 1. The highest BCUT2D eigenvalue weighted by atomic mass is 32.1. The summed E-state index contributed by atoms with van der Waals surface area (Å²) in [5, 5.41) is 16.2. The maximum Gasteiger partial charge on any atom is 0.327 e. The molecule has 1 aromatic rings. The van der Waals surface area contributed by atoms with Crippen molar-refractivity contribution >= 4 is 36.3 Å². The first kappa shape index (κ1) is 24.4. The molecule has 3 amide bonds. The Labute approximate surface area is 174 Å². The molecule has 0 aliphatic rings. The Morgan fingerprint density at radius 1 is 1.28 bits per heavy atom. The number of rotatable bonds is 12. The second-order valence-electron chi connectivity index (χ2n) is 6.62. The number of nitrogens with zero attached hydrogens (tertiary/aromatic N) is 1. The van der Waals surface area contributed by atoms with Crippen LogP contribution in [0.3, 0.4) is 0 Å². The summed E-state index contributed by atoms with van der Waals surface area (Å²) in [4.78, 5) is 54.4. The van der Waals surface area contributed by atoms with Crippen molar-refractivity contribution in [1.82, 2.24) is 25.9 Å². The second kappa shape index (κ2) is 12.1. The molecule has 0 saturated heterocycles. The number of aliphatic carboxylic acids is 1. The largest absolute Gasteiger partial charge is 0.480 e. The predicted octanol–water partition coefficient (Wildman–Crippen LogP) is -1.57. The van der Waals surface area contributed by atoms with Gasteiger partial charge in [0.1, 0.15) is 12.1 Å². The summed E-state index contributed by atoms with van der Waals surface area (Å²) >= 11 is 3.85. The maximum atomic E-state index is 12.5. The third-order valence-corrected chi connectivity index (χ3v) is 4.73. The molecule has 0 radical (unpaired) electrons. The molecule has 1 rings (SSSR count). The van der Waals surface area contributed by atoms with Crippen LogP contribution in [-0.4, -0.2) is 69.2 Å². The summed E-state index contributed by atoms with van der Waals surface area (Å²) in [5.74, 6) is -3.28. The quantitative estimate of drug-likeness (QED) is 0.196. The molecule has 29 heavy (non-hydrogen) atoms. The summed E-state index contributed by atoms with van der Waals surface area (Å²) in [7, 11) is 0. The number of aromatic amines is 1. The smallest absolute Gasteiger partial charge is 0.327 e. The molecule has 1 heterocycles. The van der Waals surface area contributed by atoms with Gasteiger partial charge in [-0.15, -0.1) is 0 Å². The minimum absolute atomic E-state index is 0.0885. The molecule has 4 unspecified atom stereocenters. The number of nitrogens with two attached hydrogens (primary N) is 1. The van der Waals surface area contributed by atoms with Gasteiger partial charge in [-0.05, 0) is 5.92 Å². The minimum Gasteiger partial charge on any atom is -0.480 e. The van der Waals surface area contributed by atoms with Crippen LogP contribution in [0, 0.1) is 5.92 Å². The number of hydrogen-bond donors (Lipinski definition) is 7. The molecule has 0 spiro atoms. The van der Waals surface area contributed by atoms with E-state index in [9.17, 15) is 19.2 Å². The van der Waals surface area contributed by atoms with Crippen LogP contribution in [0.2, 0.25) is 0 Å². The van der Waals surface area contributed by atoms with Crippen molar-refractivity contribution in [1.29, 1.82) is 0 Å². The molecule has 0 aliphatic heterocycles. The SMILES string of the molecule is CCC(C)C(NC(=O)C(N)Cc1cnc[nH]1)C(=O)NCC(=O)NC(CS)C(=O)O. The van der Waals surface area contributed by atoms with E-state index in [2.05, 4.69) is 38.5 Å². The molecule has 11 nitrogen and oxygen atoms in total. The van der Waals surface area contributed by atoms with Crippen LogP contribution in [0.25, 0.3) is 0 Å². The van der Waals surface area contributed by atoms with Gasteiger partial charge in [-0.3, -0.25) is 14.4 Å². The van der Waals surface area contributed by atoms with E-state index in [4.69, 9.17) is 10.8 Å². The van der Waals surface area contributed by atoms with Crippen molar-refractivity contribution in [3.8, 4) is 0 Å². The normalized spacial score (nSPS) is 14.9. The van der Waals surface area contributed by atoms with Gasteiger partial charge in [-0.25, -0.2) is 9.78 Å². The van der Waals surface area contributed by atoms with E-state index in [1.54, 1.807) is 13.1 Å². The lowest BCUT2D eigenvalue weighted by Crippen LogP contribution is -2.56. The lowest BCUT2D eigenvalue weighted by molar-refractivity contribution is -0.141. The number of carbonyl (C=O) groups excluding carboxylic acids is 3. The number of carboxylic acids is 1. The summed E-state index contributed by atoms with van der Waals surface area (Å²) in [5.41, 5.74) is 6.59. The fourth-order valence-electron chi connectivity index (χ4n) is 2.40. The highest BCUT2D eigenvalue weighted by Gasteiger charge is 2.28. The molecule has 162 valence electrons. The summed E-state index contributed by atoms with van der Waals surface area (Å²) in [6.45, 7) is 3.21. The molecule has 0 bridgehead atoms. The molecule has 0 aromatic carbocycles. The molecule has 0 saturated carbocycles. The summed E-state index contributed by atoms with van der Waals surface area (Å²) in [6.07, 6.45) is 3.85. The van der Waals surface area contributed by atoms with Gasteiger partial charge in [0.15, 0.2) is 0 Å². The molecule has 0 fully saturated rings. The van der Waals surface area contributed by atoms with Gasteiger partial charge in [0.25, 0.3) is 0 Å². The van der Waals surface area contributed by atoms with Gasteiger partial charge in [-0.1, -0.05) is 20.3 Å². The van der Waals surface area contributed by atoms with Crippen molar-refractivity contribution in [3.05, 3.63) is 18.2 Å². The number of nitrogens with one attached hydrogen (secondary N) is 4. The van der Waals surface area contributed by atoms with Crippen LogP contribution in [0.5, 0.6) is 0 Å². The predicted molar refractivity (Wildman–Crippen MR) is 108 cm³/mol. The first-order chi connectivity index (χ1) is 13.7. The number of imidazole rings is 1. The second-order valence-corrected chi connectivity index (χ2v) is 6.98. The van der Waals surface area contributed by atoms with Crippen molar-refractivity contribution in [3.63, 3.8) is 0 Å².